The molecule has 2 aromatic rings. The number of amides is 2. The van der Waals surface area contributed by atoms with Gasteiger partial charge in [-0.25, -0.2) is 9.78 Å². The van der Waals surface area contributed by atoms with Crippen LogP contribution in [0.15, 0.2) is 23.6 Å². The van der Waals surface area contributed by atoms with Crippen LogP contribution < -0.4 is 15.5 Å². The van der Waals surface area contributed by atoms with Gasteiger partial charge in [0.25, 0.3) is 0 Å². The number of aryl methyl sites for hydroxylation is 1. The molecule has 1 aromatic carbocycles. The van der Waals surface area contributed by atoms with Crippen LogP contribution in [0.2, 0.25) is 0 Å². The summed E-state index contributed by atoms with van der Waals surface area (Å²) in [5, 5.41) is 8.92. The monoisotopic (exact) mass is 330 g/mol. The van der Waals surface area contributed by atoms with Gasteiger partial charge in [-0.15, -0.1) is 11.3 Å². The van der Waals surface area contributed by atoms with Gasteiger partial charge in [0, 0.05) is 48.5 Å². The lowest BCUT2D eigenvalue weighted by molar-refractivity contribution is 0.251. The second-order valence-electron chi connectivity index (χ2n) is 6.08. The number of likely N-dealkylation sites (N-methyl/N-ethyl adjacent to an activating group) is 1. The molecule has 1 aliphatic rings. The fourth-order valence-electron chi connectivity index (χ4n) is 2.72. The van der Waals surface area contributed by atoms with Crippen LogP contribution in [-0.4, -0.2) is 31.2 Å². The zero-order valence-electron chi connectivity index (χ0n) is 13.7. The quantitative estimate of drug-likeness (QED) is 0.904. The molecule has 5 nitrogen and oxygen atoms in total. The molecule has 0 fully saturated rings. The maximum Gasteiger partial charge on any atom is 0.319 e. The van der Waals surface area contributed by atoms with Crippen LogP contribution in [0.1, 0.15) is 29.1 Å². The molecule has 0 unspecified atom stereocenters. The van der Waals surface area contributed by atoms with Crippen LogP contribution in [0.25, 0.3) is 0 Å². The Balaban J connectivity index is 1.54. The zero-order chi connectivity index (χ0) is 16.4. The highest BCUT2D eigenvalue weighted by Crippen LogP contribution is 2.29. The SMILES string of the molecule is Cc1csc([C@@H](C)CNC(=O)Nc2ccc3c(c2)N(C)CC3)n1. The van der Waals surface area contributed by atoms with Gasteiger partial charge >= 0.3 is 6.03 Å². The number of anilines is 2. The van der Waals surface area contributed by atoms with Gasteiger partial charge in [0.1, 0.15) is 0 Å². The average molecular weight is 330 g/mol. The lowest BCUT2D eigenvalue weighted by Gasteiger charge is -2.14. The Hall–Kier alpha value is -2.08. The van der Waals surface area contributed by atoms with Crippen molar-refractivity contribution >= 4 is 28.7 Å². The first-order valence-corrected chi connectivity index (χ1v) is 8.72. The van der Waals surface area contributed by atoms with Crippen molar-refractivity contribution in [1.82, 2.24) is 10.3 Å². The maximum atomic E-state index is 12.1. The number of aromatic nitrogens is 1. The highest BCUT2D eigenvalue weighted by Gasteiger charge is 2.16. The molecule has 0 spiro atoms. The predicted molar refractivity (Wildman–Crippen MR) is 95.7 cm³/mol. The number of hydrogen-bond donors (Lipinski definition) is 2. The number of nitrogens with zero attached hydrogens (tertiary/aromatic N) is 2. The molecule has 2 heterocycles. The highest BCUT2D eigenvalue weighted by atomic mass is 32.1. The first-order valence-electron chi connectivity index (χ1n) is 7.84. The number of nitrogens with one attached hydrogen (secondary N) is 2. The Labute approximate surface area is 140 Å². The van der Waals surface area contributed by atoms with E-state index in [4.69, 9.17) is 0 Å². The molecule has 122 valence electrons. The van der Waals surface area contributed by atoms with Gasteiger partial charge in [-0.3, -0.25) is 0 Å². The predicted octanol–water partition coefficient (Wildman–Crippen LogP) is 3.37. The minimum absolute atomic E-state index is 0.175. The van der Waals surface area contributed by atoms with E-state index < -0.39 is 0 Å². The van der Waals surface area contributed by atoms with Crippen LogP contribution in [0.4, 0.5) is 16.2 Å². The molecule has 2 amide bonds. The number of carbonyl (C=O) groups is 1. The number of rotatable bonds is 4. The third-order valence-electron chi connectivity index (χ3n) is 4.10. The van der Waals surface area contributed by atoms with Gasteiger partial charge < -0.3 is 15.5 Å². The van der Waals surface area contributed by atoms with Crippen molar-refractivity contribution in [2.24, 2.45) is 0 Å². The van der Waals surface area contributed by atoms with Gasteiger partial charge in [-0.05, 0) is 31.0 Å². The number of benzene rings is 1. The number of urea groups is 1. The van der Waals surface area contributed by atoms with Crippen LogP contribution in [-0.2, 0) is 6.42 Å². The molecule has 0 bridgehead atoms. The first-order chi connectivity index (χ1) is 11.0. The normalized spacial score (nSPS) is 14.5. The average Bonchev–Trinajstić information content (AvgIpc) is 3.12. The van der Waals surface area contributed by atoms with E-state index in [2.05, 4.69) is 40.6 Å². The lowest BCUT2D eigenvalue weighted by Crippen LogP contribution is -2.31. The summed E-state index contributed by atoms with van der Waals surface area (Å²) in [5.74, 6) is 0.214. The standard InChI is InChI=1S/C17H22N4OS/c1-11(16-19-12(2)10-23-16)9-18-17(22)20-14-5-4-13-6-7-21(3)15(13)8-14/h4-5,8,10-11H,6-7,9H2,1-3H3,(H2,18,20,22)/t11-/m0/s1. The minimum Gasteiger partial charge on any atom is -0.374 e. The van der Waals surface area contributed by atoms with Gasteiger partial charge in [-0.2, -0.15) is 0 Å². The topological polar surface area (TPSA) is 57.3 Å². The van der Waals surface area contributed by atoms with Crippen molar-refractivity contribution in [1.29, 1.82) is 0 Å². The van der Waals surface area contributed by atoms with Crippen LogP contribution >= 0.6 is 11.3 Å². The van der Waals surface area contributed by atoms with Crippen molar-refractivity contribution in [3.63, 3.8) is 0 Å². The van der Waals surface area contributed by atoms with E-state index in [0.717, 1.165) is 29.4 Å². The lowest BCUT2D eigenvalue weighted by atomic mass is 10.1. The molecule has 1 aliphatic heterocycles. The van der Waals surface area contributed by atoms with Gasteiger partial charge in [-0.1, -0.05) is 13.0 Å². The number of fused-ring (bicyclic) bond motifs is 1. The summed E-state index contributed by atoms with van der Waals surface area (Å²) in [5.41, 5.74) is 4.40. The van der Waals surface area contributed by atoms with Crippen molar-refractivity contribution in [2.75, 3.05) is 30.4 Å². The highest BCUT2D eigenvalue weighted by molar-refractivity contribution is 7.09. The molecule has 0 aliphatic carbocycles. The number of carbonyl (C=O) groups excluding carboxylic acids is 1. The summed E-state index contributed by atoms with van der Waals surface area (Å²) >= 11 is 1.64. The van der Waals surface area contributed by atoms with E-state index in [-0.39, 0.29) is 11.9 Å². The maximum absolute atomic E-state index is 12.1. The molecule has 0 radical (unpaired) electrons. The zero-order valence-corrected chi connectivity index (χ0v) is 14.5. The number of hydrogen-bond acceptors (Lipinski definition) is 4. The Bertz CT molecular complexity index is 712. The van der Waals surface area contributed by atoms with Crippen LogP contribution in [0.3, 0.4) is 0 Å². The van der Waals surface area contributed by atoms with Crippen LogP contribution in [0, 0.1) is 6.92 Å². The minimum atomic E-state index is -0.175. The molecule has 1 aromatic heterocycles. The van der Waals surface area contributed by atoms with E-state index in [1.54, 1.807) is 11.3 Å². The molecular weight excluding hydrogens is 308 g/mol. The molecule has 0 saturated heterocycles. The molecular formula is C17H22N4OS. The smallest absolute Gasteiger partial charge is 0.319 e. The summed E-state index contributed by atoms with van der Waals surface area (Å²) in [4.78, 5) is 18.8. The van der Waals surface area contributed by atoms with Gasteiger partial charge in [0.2, 0.25) is 0 Å². The Morgan fingerprint density at radius 3 is 3.04 bits per heavy atom. The van der Waals surface area contributed by atoms with Crippen molar-refractivity contribution in [3.05, 3.63) is 39.8 Å². The van der Waals surface area contributed by atoms with Gasteiger partial charge in [0.15, 0.2) is 0 Å². The van der Waals surface area contributed by atoms with Crippen molar-refractivity contribution in [2.45, 2.75) is 26.2 Å². The molecule has 23 heavy (non-hydrogen) atoms. The molecule has 1 atom stereocenters. The van der Waals surface area contributed by atoms with E-state index in [0.29, 0.717) is 6.54 Å². The Morgan fingerprint density at radius 1 is 1.48 bits per heavy atom. The summed E-state index contributed by atoms with van der Waals surface area (Å²) < 4.78 is 0. The molecule has 2 N–H and O–H groups in total. The van der Waals surface area contributed by atoms with E-state index in [1.165, 1.54) is 11.3 Å². The first kappa shape index (κ1) is 15.8. The van der Waals surface area contributed by atoms with E-state index in [9.17, 15) is 4.79 Å². The largest absolute Gasteiger partial charge is 0.374 e. The third kappa shape index (κ3) is 3.64. The van der Waals surface area contributed by atoms with Gasteiger partial charge in [0.05, 0.1) is 5.01 Å². The van der Waals surface area contributed by atoms with E-state index >= 15 is 0 Å². The Morgan fingerprint density at radius 2 is 2.30 bits per heavy atom. The second-order valence-corrected chi connectivity index (χ2v) is 6.97. The molecule has 6 heteroatoms. The van der Waals surface area contributed by atoms with E-state index in [1.807, 2.05) is 24.4 Å². The fourth-order valence-corrected chi connectivity index (χ4v) is 3.58. The summed E-state index contributed by atoms with van der Waals surface area (Å²) in [6, 6.07) is 5.92. The summed E-state index contributed by atoms with van der Waals surface area (Å²) in [7, 11) is 2.08. The van der Waals surface area contributed by atoms with Crippen molar-refractivity contribution in [3.8, 4) is 0 Å². The second kappa shape index (κ2) is 6.58. The molecule has 3 rings (SSSR count). The summed E-state index contributed by atoms with van der Waals surface area (Å²) in [6.07, 6.45) is 1.07. The Kier molecular flexibility index (Phi) is 4.52. The summed E-state index contributed by atoms with van der Waals surface area (Å²) in [6.45, 7) is 5.67. The fraction of sp³-hybridized carbons (Fsp3) is 0.412. The van der Waals surface area contributed by atoms with Crippen molar-refractivity contribution < 1.29 is 4.79 Å². The number of thiazole rings is 1. The molecule has 0 saturated carbocycles. The third-order valence-corrected chi connectivity index (χ3v) is 5.29. The van der Waals surface area contributed by atoms with Crippen LogP contribution in [0.5, 0.6) is 0 Å².